The van der Waals surface area contributed by atoms with Gasteiger partial charge in [0.05, 0.1) is 10.7 Å². The predicted octanol–water partition coefficient (Wildman–Crippen LogP) is 5.67. The molecule has 0 saturated carbocycles. The van der Waals surface area contributed by atoms with Crippen molar-refractivity contribution in [3.63, 3.8) is 0 Å². The molecule has 0 spiro atoms. The number of hydrogen-bond acceptors (Lipinski definition) is 3. The van der Waals surface area contributed by atoms with E-state index in [-0.39, 0.29) is 5.75 Å². The molecule has 2 aromatic carbocycles. The molecule has 3 rings (SSSR count). The van der Waals surface area contributed by atoms with Crippen molar-refractivity contribution in [3.05, 3.63) is 65.6 Å². The van der Waals surface area contributed by atoms with Crippen LogP contribution in [0, 0.1) is 6.92 Å². The normalized spacial score (nSPS) is 11.4. The number of halogens is 4. The third-order valence-corrected chi connectivity index (χ3v) is 3.70. The van der Waals surface area contributed by atoms with Crippen molar-refractivity contribution in [2.75, 3.05) is 0 Å². The van der Waals surface area contributed by atoms with E-state index in [2.05, 4.69) is 14.7 Å². The average molecular weight is 365 g/mol. The minimum atomic E-state index is -4.76. The monoisotopic (exact) mass is 364 g/mol. The highest BCUT2D eigenvalue weighted by Crippen LogP contribution is 2.36. The van der Waals surface area contributed by atoms with Crippen LogP contribution in [0.1, 0.15) is 5.82 Å². The molecule has 0 aliphatic heterocycles. The molecule has 1 aromatic heterocycles. The maximum absolute atomic E-state index is 12.6. The summed E-state index contributed by atoms with van der Waals surface area (Å²) in [7, 11) is 0. The molecular formula is C18H12ClF3N2O. The molecular weight excluding hydrogens is 353 g/mol. The van der Waals surface area contributed by atoms with Crippen LogP contribution < -0.4 is 4.74 Å². The van der Waals surface area contributed by atoms with Gasteiger partial charge in [0.25, 0.3) is 0 Å². The fourth-order valence-corrected chi connectivity index (χ4v) is 2.61. The van der Waals surface area contributed by atoms with E-state index in [1.54, 1.807) is 43.3 Å². The van der Waals surface area contributed by atoms with Gasteiger partial charge in [0.15, 0.2) is 0 Å². The van der Waals surface area contributed by atoms with E-state index in [0.29, 0.717) is 33.2 Å². The van der Waals surface area contributed by atoms with E-state index in [4.69, 9.17) is 11.6 Å². The Morgan fingerprint density at radius 3 is 2.48 bits per heavy atom. The number of benzene rings is 2. The summed E-state index contributed by atoms with van der Waals surface area (Å²) in [6.07, 6.45) is -3.27. The summed E-state index contributed by atoms with van der Waals surface area (Å²) in [6.45, 7) is 1.73. The van der Waals surface area contributed by atoms with E-state index < -0.39 is 6.36 Å². The zero-order chi connectivity index (χ0) is 18.0. The maximum atomic E-state index is 12.6. The highest BCUT2D eigenvalue weighted by atomic mass is 35.5. The Hall–Kier alpha value is -2.60. The lowest BCUT2D eigenvalue weighted by Gasteiger charge is -2.14. The molecule has 3 aromatic rings. The first-order valence-electron chi connectivity index (χ1n) is 7.28. The maximum Gasteiger partial charge on any atom is 0.573 e. The molecule has 0 bridgehead atoms. The number of rotatable bonds is 3. The molecule has 0 atom stereocenters. The Morgan fingerprint density at radius 2 is 1.72 bits per heavy atom. The van der Waals surface area contributed by atoms with Crippen molar-refractivity contribution in [3.8, 4) is 28.1 Å². The largest absolute Gasteiger partial charge is 0.573 e. The number of aryl methyl sites for hydroxylation is 1. The van der Waals surface area contributed by atoms with Gasteiger partial charge in [-0.15, -0.1) is 13.2 Å². The van der Waals surface area contributed by atoms with E-state index >= 15 is 0 Å². The Morgan fingerprint density at radius 1 is 1.00 bits per heavy atom. The topological polar surface area (TPSA) is 35.0 Å². The second kappa shape index (κ2) is 6.72. The molecule has 0 aliphatic rings. The summed E-state index contributed by atoms with van der Waals surface area (Å²) < 4.78 is 42.0. The molecule has 0 saturated heterocycles. The van der Waals surface area contributed by atoms with E-state index in [9.17, 15) is 13.2 Å². The summed E-state index contributed by atoms with van der Waals surface area (Å²) >= 11 is 6.15. The number of alkyl halides is 3. The minimum Gasteiger partial charge on any atom is -0.405 e. The van der Waals surface area contributed by atoms with Gasteiger partial charge in [-0.05, 0) is 24.6 Å². The molecule has 1 heterocycles. The van der Waals surface area contributed by atoms with Gasteiger partial charge in [-0.25, -0.2) is 9.97 Å². The van der Waals surface area contributed by atoms with Gasteiger partial charge in [0.2, 0.25) is 0 Å². The second-order valence-electron chi connectivity index (χ2n) is 5.24. The Labute approximate surface area is 147 Å². The lowest BCUT2D eigenvalue weighted by Crippen LogP contribution is -2.17. The molecule has 0 fully saturated rings. The van der Waals surface area contributed by atoms with Gasteiger partial charge in [-0.2, -0.15) is 0 Å². The molecule has 25 heavy (non-hydrogen) atoms. The van der Waals surface area contributed by atoms with Crippen LogP contribution in [0.15, 0.2) is 54.7 Å². The summed E-state index contributed by atoms with van der Waals surface area (Å²) in [4.78, 5) is 8.32. The first kappa shape index (κ1) is 17.2. The minimum absolute atomic E-state index is 0.267. The van der Waals surface area contributed by atoms with E-state index in [1.165, 1.54) is 18.3 Å². The molecule has 128 valence electrons. The fraction of sp³-hybridized carbons (Fsp3) is 0.111. The number of aromatic nitrogens is 2. The van der Waals surface area contributed by atoms with Crippen LogP contribution in [0.25, 0.3) is 22.4 Å². The van der Waals surface area contributed by atoms with Crippen LogP contribution in [0.3, 0.4) is 0 Å². The lowest BCUT2D eigenvalue weighted by atomic mass is 10.0. The molecule has 0 unspecified atom stereocenters. The summed E-state index contributed by atoms with van der Waals surface area (Å²) in [5, 5.41) is 0.363. The van der Waals surface area contributed by atoms with Crippen molar-refractivity contribution in [1.82, 2.24) is 9.97 Å². The highest BCUT2D eigenvalue weighted by Gasteiger charge is 2.32. The molecule has 0 aliphatic carbocycles. The summed E-state index contributed by atoms with van der Waals surface area (Å²) in [5.74, 6) is 0.280. The number of para-hydroxylation sites is 1. The van der Waals surface area contributed by atoms with Gasteiger partial charge in [0, 0.05) is 17.3 Å². The van der Waals surface area contributed by atoms with Crippen LogP contribution in [0.4, 0.5) is 13.2 Å². The smallest absolute Gasteiger partial charge is 0.405 e. The summed E-state index contributed by atoms with van der Waals surface area (Å²) in [6, 6.07) is 12.9. The van der Waals surface area contributed by atoms with Gasteiger partial charge in [0.1, 0.15) is 11.6 Å². The highest BCUT2D eigenvalue weighted by molar-refractivity contribution is 6.32. The van der Waals surface area contributed by atoms with Gasteiger partial charge >= 0.3 is 6.36 Å². The number of nitrogens with zero attached hydrogens (tertiary/aromatic N) is 2. The van der Waals surface area contributed by atoms with Crippen molar-refractivity contribution in [2.45, 2.75) is 13.3 Å². The van der Waals surface area contributed by atoms with E-state index in [0.717, 1.165) is 0 Å². The molecule has 3 nitrogen and oxygen atoms in total. The quantitative estimate of drug-likeness (QED) is 0.600. The zero-order valence-corrected chi connectivity index (χ0v) is 13.8. The Kier molecular flexibility index (Phi) is 4.63. The van der Waals surface area contributed by atoms with Crippen molar-refractivity contribution < 1.29 is 17.9 Å². The third-order valence-electron chi connectivity index (χ3n) is 3.42. The first-order valence-corrected chi connectivity index (χ1v) is 7.66. The third kappa shape index (κ3) is 4.09. The average Bonchev–Trinajstić information content (AvgIpc) is 2.56. The summed E-state index contributed by atoms with van der Waals surface area (Å²) in [5.41, 5.74) is 2.08. The number of hydrogen-bond donors (Lipinski definition) is 0. The molecule has 0 N–H and O–H groups in total. The van der Waals surface area contributed by atoms with Crippen LogP contribution in [0.5, 0.6) is 5.75 Å². The SMILES string of the molecule is Cc1ncc(Cl)c(-c2cccc(-c3ccccc3OC(F)(F)F)c2)n1. The van der Waals surface area contributed by atoms with Crippen molar-refractivity contribution >= 4 is 11.6 Å². The molecule has 0 amide bonds. The Balaban J connectivity index is 2.08. The van der Waals surface area contributed by atoms with E-state index in [1.807, 2.05) is 0 Å². The zero-order valence-electron chi connectivity index (χ0n) is 13.0. The van der Waals surface area contributed by atoms with Crippen molar-refractivity contribution in [2.24, 2.45) is 0 Å². The predicted molar refractivity (Wildman–Crippen MR) is 89.3 cm³/mol. The second-order valence-corrected chi connectivity index (χ2v) is 5.65. The lowest BCUT2D eigenvalue weighted by molar-refractivity contribution is -0.274. The standard InChI is InChI=1S/C18H12ClF3N2O/c1-11-23-10-15(19)17(24-11)13-6-4-5-12(9-13)14-7-2-3-8-16(14)25-18(20,21)22/h2-10H,1H3. The van der Waals surface area contributed by atoms with Crippen LogP contribution in [-0.4, -0.2) is 16.3 Å². The number of ether oxygens (including phenoxy) is 1. The fourth-order valence-electron chi connectivity index (χ4n) is 2.41. The van der Waals surface area contributed by atoms with Crippen LogP contribution >= 0.6 is 11.6 Å². The van der Waals surface area contributed by atoms with Gasteiger partial charge in [-0.3, -0.25) is 0 Å². The Bertz CT molecular complexity index is 913. The van der Waals surface area contributed by atoms with Gasteiger partial charge < -0.3 is 4.74 Å². The first-order chi connectivity index (χ1) is 11.8. The van der Waals surface area contributed by atoms with Crippen LogP contribution in [-0.2, 0) is 0 Å². The van der Waals surface area contributed by atoms with Crippen LogP contribution in [0.2, 0.25) is 5.02 Å². The van der Waals surface area contributed by atoms with Crippen molar-refractivity contribution in [1.29, 1.82) is 0 Å². The molecule has 0 radical (unpaired) electrons. The van der Waals surface area contributed by atoms with Gasteiger partial charge in [-0.1, -0.05) is 48.0 Å². The molecule has 7 heteroatoms.